The molecular weight excluding hydrogens is 370 g/mol. The Kier molecular flexibility index (Phi) is 7.07. The van der Waals surface area contributed by atoms with E-state index >= 15 is 0 Å². The van der Waals surface area contributed by atoms with E-state index in [1.165, 1.54) is 7.11 Å². The van der Waals surface area contributed by atoms with Crippen LogP contribution in [0.3, 0.4) is 0 Å². The minimum absolute atomic E-state index is 0.278. The quantitative estimate of drug-likeness (QED) is 0.726. The third-order valence-electron chi connectivity index (χ3n) is 3.67. The summed E-state index contributed by atoms with van der Waals surface area (Å²) in [7, 11) is 1.47. The van der Waals surface area contributed by atoms with Crippen molar-refractivity contribution in [2.45, 2.75) is 20.8 Å². The maximum atomic E-state index is 12.0. The number of carbonyl (C=O) groups is 2. The highest BCUT2D eigenvalue weighted by Crippen LogP contribution is 2.30. The van der Waals surface area contributed by atoms with E-state index in [9.17, 15) is 9.59 Å². The molecule has 0 radical (unpaired) electrons. The number of carbonyl (C=O) groups excluding carboxylic acids is 2. The summed E-state index contributed by atoms with van der Waals surface area (Å²) >= 11 is 6.03. The van der Waals surface area contributed by atoms with Crippen LogP contribution in [0.5, 0.6) is 11.5 Å². The number of methoxy groups -OCH3 is 1. The molecule has 0 atom stereocenters. The van der Waals surface area contributed by atoms with Crippen LogP contribution in [0.4, 0.5) is 5.69 Å². The monoisotopic (exact) mass is 391 g/mol. The van der Waals surface area contributed by atoms with Crippen molar-refractivity contribution in [3.05, 3.63) is 52.0 Å². The highest BCUT2D eigenvalue weighted by Gasteiger charge is 2.13. The Bertz CT molecular complexity index is 830. The van der Waals surface area contributed by atoms with E-state index in [0.717, 1.165) is 16.7 Å². The first-order valence-electron chi connectivity index (χ1n) is 8.29. The molecule has 0 aliphatic heterocycles. The Labute approximate surface area is 163 Å². The number of ether oxygens (including phenoxy) is 3. The van der Waals surface area contributed by atoms with E-state index in [1.807, 2.05) is 39.0 Å². The number of aryl methyl sites for hydroxylation is 3. The Morgan fingerprint density at radius 1 is 1.00 bits per heavy atom. The van der Waals surface area contributed by atoms with Crippen molar-refractivity contribution in [1.82, 2.24) is 0 Å². The lowest BCUT2D eigenvalue weighted by molar-refractivity contribution is -0.149. The summed E-state index contributed by atoms with van der Waals surface area (Å²) in [5.41, 5.74) is 3.30. The van der Waals surface area contributed by atoms with Crippen LogP contribution in [0, 0.1) is 20.8 Å². The molecule has 7 heteroatoms. The number of anilines is 1. The van der Waals surface area contributed by atoms with E-state index in [4.69, 9.17) is 25.8 Å². The molecule has 0 fully saturated rings. The summed E-state index contributed by atoms with van der Waals surface area (Å²) in [5, 5.41) is 3.16. The van der Waals surface area contributed by atoms with Crippen LogP contribution in [0.15, 0.2) is 30.3 Å². The fraction of sp³-hybridized carbons (Fsp3) is 0.300. The Morgan fingerprint density at radius 3 is 2.30 bits per heavy atom. The Morgan fingerprint density at radius 2 is 1.67 bits per heavy atom. The van der Waals surface area contributed by atoms with Crippen LogP contribution in [-0.2, 0) is 14.3 Å². The summed E-state index contributed by atoms with van der Waals surface area (Å²) in [4.78, 5) is 23.8. The number of halogens is 1. The minimum Gasteiger partial charge on any atom is -0.495 e. The largest absolute Gasteiger partial charge is 0.495 e. The van der Waals surface area contributed by atoms with Gasteiger partial charge >= 0.3 is 5.97 Å². The Balaban J connectivity index is 1.84. The summed E-state index contributed by atoms with van der Waals surface area (Å²) in [6, 6.07) is 8.94. The zero-order chi connectivity index (χ0) is 20.0. The van der Waals surface area contributed by atoms with Gasteiger partial charge in [0, 0.05) is 11.1 Å². The van der Waals surface area contributed by atoms with Gasteiger partial charge in [0.1, 0.15) is 11.5 Å². The van der Waals surface area contributed by atoms with E-state index < -0.39 is 18.5 Å². The zero-order valence-corrected chi connectivity index (χ0v) is 16.5. The number of benzene rings is 2. The third kappa shape index (κ3) is 6.18. The first-order chi connectivity index (χ1) is 12.8. The molecular formula is C20H22ClNO5. The molecule has 2 aromatic rings. The molecule has 0 aromatic heterocycles. The average Bonchev–Trinajstić information content (AvgIpc) is 2.60. The second-order valence-corrected chi connectivity index (χ2v) is 6.53. The van der Waals surface area contributed by atoms with Crippen LogP contribution in [-0.4, -0.2) is 32.2 Å². The Hall–Kier alpha value is -2.73. The molecule has 1 N–H and O–H groups in total. The van der Waals surface area contributed by atoms with Crippen molar-refractivity contribution < 1.29 is 23.8 Å². The summed E-state index contributed by atoms with van der Waals surface area (Å²) in [6.07, 6.45) is 0. The minimum atomic E-state index is -0.636. The molecule has 0 unspecified atom stereocenters. The first kappa shape index (κ1) is 20.6. The topological polar surface area (TPSA) is 73.9 Å². The molecule has 0 aliphatic carbocycles. The third-order valence-corrected chi connectivity index (χ3v) is 4.08. The van der Waals surface area contributed by atoms with E-state index in [-0.39, 0.29) is 6.61 Å². The SMILES string of the molecule is COc1cc(Cl)c(C)cc1NC(=O)COC(=O)COc1cc(C)cc(C)c1. The second-order valence-electron chi connectivity index (χ2n) is 6.12. The van der Waals surface area contributed by atoms with Gasteiger partial charge in [-0.05, 0) is 55.7 Å². The van der Waals surface area contributed by atoms with Gasteiger partial charge in [-0.1, -0.05) is 17.7 Å². The van der Waals surface area contributed by atoms with Gasteiger partial charge in [-0.3, -0.25) is 4.79 Å². The molecule has 0 saturated carbocycles. The number of hydrogen-bond donors (Lipinski definition) is 1. The van der Waals surface area contributed by atoms with Crippen molar-refractivity contribution in [2.24, 2.45) is 0 Å². The smallest absolute Gasteiger partial charge is 0.344 e. The fourth-order valence-electron chi connectivity index (χ4n) is 2.46. The van der Waals surface area contributed by atoms with E-state index in [1.54, 1.807) is 12.1 Å². The highest BCUT2D eigenvalue weighted by atomic mass is 35.5. The first-order valence-corrected chi connectivity index (χ1v) is 8.67. The lowest BCUT2D eigenvalue weighted by Gasteiger charge is -2.12. The number of esters is 1. The van der Waals surface area contributed by atoms with Crippen molar-refractivity contribution in [3.8, 4) is 11.5 Å². The molecule has 6 nitrogen and oxygen atoms in total. The van der Waals surface area contributed by atoms with Gasteiger partial charge in [0.15, 0.2) is 13.2 Å². The van der Waals surface area contributed by atoms with Gasteiger partial charge in [0.2, 0.25) is 0 Å². The second kappa shape index (κ2) is 9.28. The normalized spacial score (nSPS) is 10.3. The molecule has 2 rings (SSSR count). The average molecular weight is 392 g/mol. The molecule has 0 spiro atoms. The van der Waals surface area contributed by atoms with Gasteiger partial charge in [-0.15, -0.1) is 0 Å². The van der Waals surface area contributed by atoms with Crippen LogP contribution >= 0.6 is 11.6 Å². The van der Waals surface area contributed by atoms with E-state index in [2.05, 4.69) is 5.32 Å². The highest BCUT2D eigenvalue weighted by molar-refractivity contribution is 6.31. The molecule has 0 heterocycles. The maximum Gasteiger partial charge on any atom is 0.344 e. The van der Waals surface area contributed by atoms with Crippen LogP contribution in [0.2, 0.25) is 5.02 Å². The van der Waals surface area contributed by atoms with E-state index in [0.29, 0.717) is 22.2 Å². The number of nitrogens with one attached hydrogen (secondary N) is 1. The molecule has 0 bridgehead atoms. The molecule has 0 saturated heterocycles. The van der Waals surface area contributed by atoms with Crippen molar-refractivity contribution in [3.63, 3.8) is 0 Å². The molecule has 2 aromatic carbocycles. The summed E-state index contributed by atoms with van der Waals surface area (Å²) < 4.78 is 15.5. The standard InChI is InChI=1S/C20H22ClNO5/c1-12-5-13(2)7-15(6-12)26-11-20(24)27-10-19(23)22-17-8-14(3)16(21)9-18(17)25-4/h5-9H,10-11H2,1-4H3,(H,22,23). The number of hydrogen-bond acceptors (Lipinski definition) is 5. The number of amides is 1. The molecule has 0 aliphatic rings. The lowest BCUT2D eigenvalue weighted by Crippen LogP contribution is -2.24. The summed E-state index contributed by atoms with van der Waals surface area (Å²) in [6.45, 7) is 4.98. The van der Waals surface area contributed by atoms with Crippen molar-refractivity contribution in [1.29, 1.82) is 0 Å². The van der Waals surface area contributed by atoms with Gasteiger partial charge in [0.25, 0.3) is 5.91 Å². The predicted octanol–water partition coefficient (Wildman–Crippen LogP) is 3.83. The molecule has 27 heavy (non-hydrogen) atoms. The van der Waals surface area contributed by atoms with Crippen LogP contribution in [0.1, 0.15) is 16.7 Å². The van der Waals surface area contributed by atoms with Gasteiger partial charge in [-0.2, -0.15) is 0 Å². The van der Waals surface area contributed by atoms with Crippen molar-refractivity contribution in [2.75, 3.05) is 25.6 Å². The zero-order valence-electron chi connectivity index (χ0n) is 15.7. The van der Waals surface area contributed by atoms with Crippen molar-refractivity contribution >= 4 is 29.2 Å². The van der Waals surface area contributed by atoms with Gasteiger partial charge in [0.05, 0.1) is 12.8 Å². The maximum absolute atomic E-state index is 12.0. The lowest BCUT2D eigenvalue weighted by atomic mass is 10.1. The van der Waals surface area contributed by atoms with Crippen LogP contribution < -0.4 is 14.8 Å². The van der Waals surface area contributed by atoms with Crippen LogP contribution in [0.25, 0.3) is 0 Å². The van der Waals surface area contributed by atoms with Gasteiger partial charge in [-0.25, -0.2) is 4.79 Å². The molecule has 1 amide bonds. The number of rotatable bonds is 7. The molecule has 144 valence electrons. The fourth-order valence-corrected chi connectivity index (χ4v) is 2.62. The predicted molar refractivity (Wildman–Crippen MR) is 104 cm³/mol. The van der Waals surface area contributed by atoms with Gasteiger partial charge < -0.3 is 19.5 Å². The summed E-state index contributed by atoms with van der Waals surface area (Å²) in [5.74, 6) is -0.128.